The van der Waals surface area contributed by atoms with Crippen molar-refractivity contribution in [2.24, 2.45) is 0 Å². The molecule has 0 aromatic heterocycles. The number of hydrogen-bond donors (Lipinski definition) is 0. The van der Waals surface area contributed by atoms with Crippen molar-refractivity contribution in [2.75, 3.05) is 0 Å². The van der Waals surface area contributed by atoms with Gasteiger partial charge in [-0.15, -0.1) is 0 Å². The van der Waals surface area contributed by atoms with Gasteiger partial charge in [-0.1, -0.05) is 0 Å². The van der Waals surface area contributed by atoms with Crippen LogP contribution in [0.2, 0.25) is 0 Å². The molecule has 1 aliphatic rings. The summed E-state index contributed by atoms with van der Waals surface area (Å²) in [5.41, 5.74) is -0.796. The van der Waals surface area contributed by atoms with Crippen molar-refractivity contribution >= 4 is 8.60 Å². The Morgan fingerprint density at radius 3 is 1.57 bits per heavy atom. The molecule has 0 bridgehead atoms. The third-order valence-corrected chi connectivity index (χ3v) is 4.31. The summed E-state index contributed by atoms with van der Waals surface area (Å²) in [5.74, 6) is 0. The molecule has 0 spiro atoms. The van der Waals surface area contributed by atoms with Gasteiger partial charge in [0.15, 0.2) is 0 Å². The van der Waals surface area contributed by atoms with Crippen LogP contribution in [0.25, 0.3) is 0 Å². The van der Waals surface area contributed by atoms with E-state index in [0.29, 0.717) is 0 Å². The summed E-state index contributed by atoms with van der Waals surface area (Å²) < 4.78 is 17.2. The van der Waals surface area contributed by atoms with Crippen molar-refractivity contribution in [1.29, 1.82) is 0 Å². The minimum atomic E-state index is -1.21. The first-order chi connectivity index (χ1) is 6.04. The quantitative estimate of drug-likeness (QED) is 0.631. The maximum Gasteiger partial charge on any atom is 0.334 e. The molecule has 0 unspecified atom stereocenters. The minimum Gasteiger partial charge on any atom is -0.306 e. The molecule has 1 heterocycles. The predicted octanol–water partition coefficient (Wildman–Crippen LogP) is 3.63. The fourth-order valence-corrected chi connectivity index (χ4v) is 2.62. The van der Waals surface area contributed by atoms with E-state index in [0.717, 1.165) is 0 Å². The maximum atomic E-state index is 5.76. The summed E-state index contributed by atoms with van der Waals surface area (Å²) >= 11 is 0. The van der Waals surface area contributed by atoms with Gasteiger partial charge < -0.3 is 13.6 Å². The Morgan fingerprint density at radius 2 is 1.29 bits per heavy atom. The topological polar surface area (TPSA) is 27.7 Å². The lowest BCUT2D eigenvalue weighted by molar-refractivity contribution is 0.00578. The molecule has 1 fully saturated rings. The average molecular weight is 220 g/mol. The van der Waals surface area contributed by atoms with Crippen LogP contribution in [0.1, 0.15) is 48.5 Å². The van der Waals surface area contributed by atoms with Crippen LogP contribution < -0.4 is 0 Å². The second kappa shape index (κ2) is 3.41. The normalized spacial score (nSPS) is 26.8. The zero-order chi connectivity index (χ0) is 11.2. The van der Waals surface area contributed by atoms with Crippen molar-refractivity contribution in [3.05, 3.63) is 0 Å². The SMILES string of the molecule is CC(C)(C)OP1OC(C)(C)C(C)(C)O1. The highest BCUT2D eigenvalue weighted by Gasteiger charge is 2.51. The molecule has 3 nitrogen and oxygen atoms in total. The van der Waals surface area contributed by atoms with Crippen LogP contribution >= 0.6 is 8.60 Å². The van der Waals surface area contributed by atoms with Gasteiger partial charge in [0, 0.05) is 0 Å². The Morgan fingerprint density at radius 1 is 0.929 bits per heavy atom. The largest absolute Gasteiger partial charge is 0.334 e. The molecule has 0 atom stereocenters. The fourth-order valence-electron chi connectivity index (χ4n) is 0.872. The lowest BCUT2D eigenvalue weighted by atomic mass is 9.90. The van der Waals surface area contributed by atoms with Crippen LogP contribution in [0.5, 0.6) is 0 Å². The second-order valence-electron chi connectivity index (χ2n) is 5.63. The predicted molar refractivity (Wildman–Crippen MR) is 58.1 cm³/mol. The van der Waals surface area contributed by atoms with Crippen LogP contribution in [-0.2, 0) is 13.6 Å². The molecule has 0 radical (unpaired) electrons. The first kappa shape index (κ1) is 12.4. The van der Waals surface area contributed by atoms with Crippen molar-refractivity contribution < 1.29 is 13.6 Å². The molecule has 14 heavy (non-hydrogen) atoms. The van der Waals surface area contributed by atoms with Crippen LogP contribution in [0.4, 0.5) is 0 Å². The maximum absolute atomic E-state index is 5.76. The van der Waals surface area contributed by atoms with Crippen molar-refractivity contribution in [1.82, 2.24) is 0 Å². The molecular formula is C10H21O3P. The Hall–Kier alpha value is 0.310. The molecule has 0 N–H and O–H groups in total. The van der Waals surface area contributed by atoms with Crippen LogP contribution in [0.15, 0.2) is 0 Å². The molecule has 1 saturated heterocycles. The van der Waals surface area contributed by atoms with Gasteiger partial charge in [-0.2, -0.15) is 0 Å². The van der Waals surface area contributed by atoms with Crippen LogP contribution in [0.3, 0.4) is 0 Å². The van der Waals surface area contributed by atoms with Gasteiger partial charge in [-0.3, -0.25) is 0 Å². The van der Waals surface area contributed by atoms with E-state index in [2.05, 4.69) is 0 Å². The third kappa shape index (κ3) is 2.66. The zero-order valence-electron chi connectivity index (χ0n) is 10.2. The Bertz CT molecular complexity index is 202. The molecule has 1 aliphatic heterocycles. The van der Waals surface area contributed by atoms with E-state index in [1.165, 1.54) is 0 Å². The molecule has 0 saturated carbocycles. The van der Waals surface area contributed by atoms with Crippen LogP contribution in [-0.4, -0.2) is 16.8 Å². The second-order valence-corrected chi connectivity index (χ2v) is 6.63. The van der Waals surface area contributed by atoms with Crippen molar-refractivity contribution in [3.63, 3.8) is 0 Å². The lowest BCUT2D eigenvalue weighted by Gasteiger charge is -2.29. The highest BCUT2D eigenvalue weighted by molar-refractivity contribution is 7.42. The summed E-state index contributed by atoms with van der Waals surface area (Å²) in [6.45, 7) is 14.1. The molecule has 4 heteroatoms. The minimum absolute atomic E-state index is 0.220. The molecule has 0 aromatic carbocycles. The molecule has 1 rings (SSSR count). The van der Waals surface area contributed by atoms with Gasteiger partial charge in [-0.05, 0) is 48.5 Å². The Balaban J connectivity index is 2.65. The summed E-state index contributed by atoms with van der Waals surface area (Å²) in [7, 11) is -1.21. The molecule has 84 valence electrons. The highest BCUT2D eigenvalue weighted by Crippen LogP contribution is 2.59. The lowest BCUT2D eigenvalue weighted by Crippen LogP contribution is -2.41. The first-order valence-corrected chi connectivity index (χ1v) is 6.01. The highest BCUT2D eigenvalue weighted by atomic mass is 31.2. The monoisotopic (exact) mass is 220 g/mol. The van der Waals surface area contributed by atoms with Gasteiger partial charge >= 0.3 is 8.60 Å². The summed E-state index contributed by atoms with van der Waals surface area (Å²) in [5, 5.41) is 0. The van der Waals surface area contributed by atoms with Gasteiger partial charge in [0.1, 0.15) is 11.2 Å². The zero-order valence-corrected chi connectivity index (χ0v) is 11.1. The number of hydrogen-bond acceptors (Lipinski definition) is 3. The van der Waals surface area contributed by atoms with Gasteiger partial charge in [0.25, 0.3) is 0 Å². The summed E-state index contributed by atoms with van der Waals surface area (Å²) in [6, 6.07) is 0. The van der Waals surface area contributed by atoms with Gasteiger partial charge in [0.05, 0.1) is 5.60 Å². The molecule has 0 aromatic rings. The van der Waals surface area contributed by atoms with E-state index < -0.39 is 8.60 Å². The standard InChI is InChI=1S/C10H21O3P/c1-8(2,3)11-14-12-9(4,5)10(6,7)13-14/h1-7H3. The van der Waals surface area contributed by atoms with E-state index >= 15 is 0 Å². The average Bonchev–Trinajstić information content (AvgIpc) is 1.94. The van der Waals surface area contributed by atoms with Crippen molar-refractivity contribution in [2.45, 2.75) is 65.3 Å². The van der Waals surface area contributed by atoms with E-state index in [1.807, 2.05) is 48.5 Å². The fraction of sp³-hybridized carbons (Fsp3) is 1.00. The first-order valence-electron chi connectivity index (χ1n) is 4.91. The van der Waals surface area contributed by atoms with E-state index in [-0.39, 0.29) is 16.8 Å². The van der Waals surface area contributed by atoms with E-state index in [1.54, 1.807) is 0 Å². The van der Waals surface area contributed by atoms with Crippen LogP contribution in [0, 0.1) is 0 Å². The Kier molecular flexibility index (Phi) is 3.02. The molecular weight excluding hydrogens is 199 g/mol. The number of rotatable bonds is 1. The smallest absolute Gasteiger partial charge is 0.306 e. The summed E-state index contributed by atoms with van der Waals surface area (Å²) in [6.07, 6.45) is 0. The van der Waals surface area contributed by atoms with E-state index in [4.69, 9.17) is 13.6 Å². The molecule has 0 amide bonds. The van der Waals surface area contributed by atoms with Crippen molar-refractivity contribution in [3.8, 4) is 0 Å². The third-order valence-electron chi connectivity index (χ3n) is 2.40. The summed E-state index contributed by atoms with van der Waals surface area (Å²) in [4.78, 5) is 0. The molecule has 0 aliphatic carbocycles. The van der Waals surface area contributed by atoms with E-state index in [9.17, 15) is 0 Å². The van der Waals surface area contributed by atoms with Gasteiger partial charge in [0.2, 0.25) is 0 Å². The van der Waals surface area contributed by atoms with Gasteiger partial charge in [-0.25, -0.2) is 0 Å². The Labute approximate surface area is 88.1 Å².